The number of amides is 1. The Balaban J connectivity index is 1.63. The number of nitrogens with one attached hydrogen (secondary N) is 1. The highest BCUT2D eigenvalue weighted by atomic mass is 16.4. The summed E-state index contributed by atoms with van der Waals surface area (Å²) in [6, 6.07) is 13.5. The molecular weight excluding hydrogens is 268 g/mol. The van der Waals surface area contributed by atoms with Crippen molar-refractivity contribution in [2.45, 2.75) is 24.9 Å². The van der Waals surface area contributed by atoms with Crippen LogP contribution in [0.25, 0.3) is 0 Å². The van der Waals surface area contributed by atoms with Crippen LogP contribution in [0.4, 0.5) is 0 Å². The molecule has 0 aliphatic heterocycles. The summed E-state index contributed by atoms with van der Waals surface area (Å²) >= 11 is 0. The molecule has 0 saturated heterocycles. The van der Waals surface area contributed by atoms with Crippen molar-refractivity contribution < 1.29 is 14.7 Å². The lowest BCUT2D eigenvalue weighted by atomic mass is 10.1. The Morgan fingerprint density at radius 2 is 1.95 bits per heavy atom. The topological polar surface area (TPSA) is 71.3 Å². The number of aliphatic carboxylic acids is 1. The average molecular weight is 284 g/mol. The molecule has 1 heterocycles. The number of rotatable bonds is 5. The number of benzene rings is 1. The summed E-state index contributed by atoms with van der Waals surface area (Å²) in [5.74, 6) is -0.823. The third-order valence-electron chi connectivity index (χ3n) is 3.70. The van der Waals surface area contributed by atoms with E-state index in [1.54, 1.807) is 18.3 Å². The van der Waals surface area contributed by atoms with Gasteiger partial charge in [0, 0.05) is 18.2 Å². The average Bonchev–Trinajstić information content (AvgIpc) is 3.07. The van der Waals surface area contributed by atoms with Crippen LogP contribution in [0, 0.1) is 0 Å². The van der Waals surface area contributed by atoms with Gasteiger partial charge in [0.1, 0.15) is 12.2 Å². The third kappa shape index (κ3) is 2.97. The van der Waals surface area contributed by atoms with Crippen LogP contribution in [0.5, 0.6) is 0 Å². The van der Waals surface area contributed by atoms with Gasteiger partial charge in [0.2, 0.25) is 0 Å². The predicted molar refractivity (Wildman–Crippen MR) is 77.1 cm³/mol. The summed E-state index contributed by atoms with van der Waals surface area (Å²) in [6.45, 7) is -0.206. The minimum atomic E-state index is -0.964. The van der Waals surface area contributed by atoms with Crippen LogP contribution in [0.1, 0.15) is 28.4 Å². The largest absolute Gasteiger partial charge is 0.480 e. The van der Waals surface area contributed by atoms with Crippen molar-refractivity contribution in [2.75, 3.05) is 0 Å². The molecule has 3 rings (SSSR count). The van der Waals surface area contributed by atoms with Gasteiger partial charge in [0.05, 0.1) is 0 Å². The number of carbonyl (C=O) groups excluding carboxylic acids is 1. The van der Waals surface area contributed by atoms with Gasteiger partial charge >= 0.3 is 5.97 Å². The van der Waals surface area contributed by atoms with Crippen molar-refractivity contribution in [1.29, 1.82) is 0 Å². The molecule has 2 N–H and O–H groups in total. The van der Waals surface area contributed by atoms with E-state index in [4.69, 9.17) is 5.11 Å². The number of nitrogens with zero attached hydrogens (tertiary/aromatic N) is 1. The lowest BCUT2D eigenvalue weighted by Gasteiger charge is -2.08. The zero-order valence-corrected chi connectivity index (χ0v) is 11.4. The lowest BCUT2D eigenvalue weighted by Crippen LogP contribution is -2.29. The molecule has 0 spiro atoms. The third-order valence-corrected chi connectivity index (χ3v) is 3.70. The monoisotopic (exact) mass is 284 g/mol. The number of carboxylic acid groups (broad SMARTS) is 1. The van der Waals surface area contributed by atoms with Crippen LogP contribution in [0.15, 0.2) is 48.7 Å². The summed E-state index contributed by atoms with van der Waals surface area (Å²) in [6.07, 6.45) is 2.53. The molecule has 0 bridgehead atoms. The summed E-state index contributed by atoms with van der Waals surface area (Å²) < 4.78 is 1.44. The lowest BCUT2D eigenvalue weighted by molar-refractivity contribution is -0.137. The molecule has 2 atom stereocenters. The summed E-state index contributed by atoms with van der Waals surface area (Å²) in [7, 11) is 0. The van der Waals surface area contributed by atoms with E-state index in [0.29, 0.717) is 11.6 Å². The predicted octanol–water partition coefficient (Wildman–Crippen LogP) is 1.86. The highest BCUT2D eigenvalue weighted by molar-refractivity contribution is 5.93. The first-order chi connectivity index (χ1) is 10.1. The Hall–Kier alpha value is -2.56. The first kappa shape index (κ1) is 13.4. The Morgan fingerprint density at radius 1 is 1.19 bits per heavy atom. The fraction of sp³-hybridized carbons (Fsp3) is 0.250. The molecule has 2 unspecified atom stereocenters. The second kappa shape index (κ2) is 5.44. The second-order valence-corrected chi connectivity index (χ2v) is 5.25. The molecule has 21 heavy (non-hydrogen) atoms. The van der Waals surface area contributed by atoms with E-state index >= 15 is 0 Å². The molecule has 2 aromatic rings. The smallest absolute Gasteiger partial charge is 0.323 e. The Morgan fingerprint density at radius 3 is 2.67 bits per heavy atom. The molecule has 1 aromatic heterocycles. The number of hydrogen-bond donors (Lipinski definition) is 2. The Labute approximate surface area is 122 Å². The van der Waals surface area contributed by atoms with Gasteiger partial charge in [-0.05, 0) is 24.1 Å². The molecule has 108 valence electrons. The van der Waals surface area contributed by atoms with Gasteiger partial charge in [-0.15, -0.1) is 0 Å². The van der Waals surface area contributed by atoms with Crippen LogP contribution >= 0.6 is 0 Å². The highest BCUT2D eigenvalue weighted by Gasteiger charge is 2.39. The van der Waals surface area contributed by atoms with Crippen LogP contribution in [-0.2, 0) is 11.3 Å². The fourth-order valence-corrected chi connectivity index (χ4v) is 2.57. The van der Waals surface area contributed by atoms with Crippen molar-refractivity contribution in [2.24, 2.45) is 0 Å². The van der Waals surface area contributed by atoms with E-state index in [2.05, 4.69) is 17.4 Å². The summed E-state index contributed by atoms with van der Waals surface area (Å²) in [4.78, 5) is 23.0. The van der Waals surface area contributed by atoms with Crippen molar-refractivity contribution in [1.82, 2.24) is 9.88 Å². The number of hydrogen-bond acceptors (Lipinski definition) is 2. The molecule has 1 aliphatic rings. The second-order valence-electron chi connectivity index (χ2n) is 5.25. The van der Waals surface area contributed by atoms with Crippen LogP contribution in [0.3, 0.4) is 0 Å². The van der Waals surface area contributed by atoms with Gasteiger partial charge in [-0.3, -0.25) is 9.59 Å². The molecule has 1 aromatic carbocycles. The highest BCUT2D eigenvalue weighted by Crippen LogP contribution is 2.40. The zero-order chi connectivity index (χ0) is 14.8. The molecule has 5 heteroatoms. The quantitative estimate of drug-likeness (QED) is 0.880. The first-order valence-electron chi connectivity index (χ1n) is 6.88. The summed E-state index contributed by atoms with van der Waals surface area (Å²) in [5.41, 5.74) is 1.61. The molecule has 1 fully saturated rings. The maximum absolute atomic E-state index is 12.2. The van der Waals surface area contributed by atoms with E-state index in [0.717, 1.165) is 6.42 Å². The van der Waals surface area contributed by atoms with E-state index in [-0.39, 0.29) is 18.5 Å². The SMILES string of the molecule is O=C(O)Cn1cccc1C(=O)NC1CC1c1ccccc1. The van der Waals surface area contributed by atoms with Crippen LogP contribution in [0.2, 0.25) is 0 Å². The molecule has 1 aliphatic carbocycles. The minimum Gasteiger partial charge on any atom is -0.480 e. The van der Waals surface area contributed by atoms with Gasteiger partial charge in [0.15, 0.2) is 0 Å². The van der Waals surface area contributed by atoms with E-state index < -0.39 is 5.97 Å². The summed E-state index contributed by atoms with van der Waals surface area (Å²) in [5, 5.41) is 11.8. The van der Waals surface area contributed by atoms with E-state index in [1.165, 1.54) is 10.1 Å². The first-order valence-corrected chi connectivity index (χ1v) is 6.88. The van der Waals surface area contributed by atoms with Crippen molar-refractivity contribution >= 4 is 11.9 Å². The molecule has 5 nitrogen and oxygen atoms in total. The van der Waals surface area contributed by atoms with Crippen molar-refractivity contribution in [3.8, 4) is 0 Å². The molecule has 1 amide bonds. The molecule has 1 saturated carbocycles. The van der Waals surface area contributed by atoms with Crippen molar-refractivity contribution in [3.63, 3.8) is 0 Å². The maximum Gasteiger partial charge on any atom is 0.323 e. The van der Waals surface area contributed by atoms with E-state index in [1.807, 2.05) is 18.2 Å². The fourth-order valence-electron chi connectivity index (χ4n) is 2.57. The Bertz CT molecular complexity index is 663. The van der Waals surface area contributed by atoms with Gasteiger partial charge in [-0.25, -0.2) is 0 Å². The van der Waals surface area contributed by atoms with Gasteiger partial charge in [-0.1, -0.05) is 30.3 Å². The Kier molecular flexibility index (Phi) is 3.48. The molecular formula is C16H16N2O3. The van der Waals surface area contributed by atoms with E-state index in [9.17, 15) is 9.59 Å². The standard InChI is InChI=1S/C16H16N2O3/c19-15(20)10-18-8-4-7-14(18)16(21)17-13-9-12(13)11-5-2-1-3-6-11/h1-8,12-13H,9-10H2,(H,17,21)(H,19,20). The van der Waals surface area contributed by atoms with Crippen LogP contribution < -0.4 is 5.32 Å². The maximum atomic E-state index is 12.2. The zero-order valence-electron chi connectivity index (χ0n) is 11.4. The number of aromatic nitrogens is 1. The van der Waals surface area contributed by atoms with Gasteiger partial charge in [0.25, 0.3) is 5.91 Å². The van der Waals surface area contributed by atoms with Gasteiger partial charge in [-0.2, -0.15) is 0 Å². The number of carboxylic acids is 1. The number of carbonyl (C=O) groups is 2. The molecule has 0 radical (unpaired) electrons. The van der Waals surface area contributed by atoms with Crippen LogP contribution in [-0.4, -0.2) is 27.6 Å². The minimum absolute atomic E-state index is 0.132. The van der Waals surface area contributed by atoms with Gasteiger partial charge < -0.3 is 15.0 Å². The normalized spacial score (nSPS) is 20.0. The van der Waals surface area contributed by atoms with Crippen molar-refractivity contribution in [3.05, 3.63) is 59.9 Å².